The summed E-state index contributed by atoms with van der Waals surface area (Å²) < 4.78 is 6.33. The van der Waals surface area contributed by atoms with E-state index in [0.29, 0.717) is 0 Å². The molecule has 0 fully saturated rings. The van der Waals surface area contributed by atoms with Crippen LogP contribution in [-0.2, 0) is 0 Å². The molecule has 0 aliphatic rings. The molecule has 2 heteroatoms. The zero-order valence-corrected chi connectivity index (χ0v) is 22.5. The van der Waals surface area contributed by atoms with Crippen LogP contribution in [0.15, 0.2) is 150 Å². The van der Waals surface area contributed by atoms with Crippen molar-refractivity contribution in [1.29, 1.82) is 0 Å². The minimum Gasteiger partial charge on any atom is -0.456 e. The Kier molecular flexibility index (Phi) is 5.39. The second-order valence-electron chi connectivity index (χ2n) is 10.1. The van der Waals surface area contributed by atoms with Crippen molar-refractivity contribution >= 4 is 44.0 Å². The Morgan fingerprint density at radius 3 is 1.73 bits per heavy atom. The van der Waals surface area contributed by atoms with Crippen LogP contribution in [0.3, 0.4) is 0 Å². The highest BCUT2D eigenvalue weighted by molar-refractivity contribution is 7.21. The molecule has 188 valence electrons. The minimum absolute atomic E-state index is 0.917. The van der Waals surface area contributed by atoms with Gasteiger partial charge in [-0.2, -0.15) is 0 Å². The van der Waals surface area contributed by atoms with Crippen LogP contribution in [0.2, 0.25) is 0 Å². The largest absolute Gasteiger partial charge is 0.456 e. The van der Waals surface area contributed by atoms with Gasteiger partial charge in [0.25, 0.3) is 0 Å². The summed E-state index contributed by atoms with van der Waals surface area (Å²) in [6.45, 7) is 0. The van der Waals surface area contributed by atoms with Gasteiger partial charge >= 0.3 is 0 Å². The summed E-state index contributed by atoms with van der Waals surface area (Å²) in [5.74, 6) is 0. The molecule has 0 aliphatic carbocycles. The van der Waals surface area contributed by atoms with Crippen molar-refractivity contribution in [1.82, 2.24) is 0 Å². The van der Waals surface area contributed by atoms with Gasteiger partial charge in [0.1, 0.15) is 11.2 Å². The zero-order chi connectivity index (χ0) is 26.5. The quantitative estimate of drug-likeness (QED) is 0.221. The van der Waals surface area contributed by atoms with E-state index in [1.54, 1.807) is 0 Å². The number of benzene rings is 6. The van der Waals surface area contributed by atoms with E-state index in [2.05, 4.69) is 140 Å². The summed E-state index contributed by atoms with van der Waals surface area (Å²) in [7, 11) is 0. The first-order valence-corrected chi connectivity index (χ1v) is 14.3. The monoisotopic (exact) mass is 528 g/mol. The van der Waals surface area contributed by atoms with Gasteiger partial charge in [-0.1, -0.05) is 121 Å². The molecule has 0 unspecified atom stereocenters. The third kappa shape index (κ3) is 3.77. The summed E-state index contributed by atoms with van der Waals surface area (Å²) in [6, 6.07) is 51.9. The standard InChI is InChI=1S/C38H24OS/c1-3-12-25(13-4-1)27-16-11-17-28(22-27)37-30-19-7-8-20-31(30)38(40-37)34-23-33-29-18-9-10-21-35(29)39-36(33)24-32(34)26-14-5-2-6-15-26/h1-24H. The van der Waals surface area contributed by atoms with Crippen molar-refractivity contribution in [3.63, 3.8) is 0 Å². The Bertz CT molecular complexity index is 2150. The SMILES string of the molecule is c1ccc(-c2cccc(-c3sc(-c4cc5c(cc4-c4ccccc4)oc4ccccc45)c4ccccc34)c2)cc1. The normalized spacial score (nSPS) is 11.5. The Labute approximate surface area is 236 Å². The van der Waals surface area contributed by atoms with Crippen molar-refractivity contribution in [2.75, 3.05) is 0 Å². The van der Waals surface area contributed by atoms with Crippen LogP contribution in [0.4, 0.5) is 0 Å². The molecule has 0 saturated carbocycles. The first-order valence-electron chi connectivity index (χ1n) is 13.5. The summed E-state index contributed by atoms with van der Waals surface area (Å²) in [6.07, 6.45) is 0. The highest BCUT2D eigenvalue weighted by Crippen LogP contribution is 2.48. The van der Waals surface area contributed by atoms with Crippen molar-refractivity contribution in [2.24, 2.45) is 0 Å². The van der Waals surface area contributed by atoms with Gasteiger partial charge in [0.15, 0.2) is 0 Å². The number of hydrogen-bond donors (Lipinski definition) is 0. The number of rotatable bonds is 4. The van der Waals surface area contributed by atoms with E-state index < -0.39 is 0 Å². The summed E-state index contributed by atoms with van der Waals surface area (Å²) in [5, 5.41) is 4.85. The fourth-order valence-electron chi connectivity index (χ4n) is 5.79. The Morgan fingerprint density at radius 1 is 0.350 bits per heavy atom. The average molecular weight is 529 g/mol. The van der Waals surface area contributed by atoms with Gasteiger partial charge in [-0.25, -0.2) is 0 Å². The molecule has 0 amide bonds. The molecular formula is C38H24OS. The van der Waals surface area contributed by atoms with Gasteiger partial charge in [0.05, 0.1) is 0 Å². The van der Waals surface area contributed by atoms with E-state index in [1.807, 2.05) is 17.4 Å². The van der Waals surface area contributed by atoms with E-state index in [-0.39, 0.29) is 0 Å². The molecule has 2 aromatic heterocycles. The molecule has 0 bridgehead atoms. The number of hydrogen-bond acceptors (Lipinski definition) is 2. The maximum absolute atomic E-state index is 6.33. The van der Waals surface area contributed by atoms with E-state index in [0.717, 1.165) is 21.9 Å². The van der Waals surface area contributed by atoms with Crippen LogP contribution in [0, 0.1) is 0 Å². The van der Waals surface area contributed by atoms with Gasteiger partial charge in [0.2, 0.25) is 0 Å². The van der Waals surface area contributed by atoms with Gasteiger partial charge in [-0.15, -0.1) is 11.3 Å². The van der Waals surface area contributed by atoms with Gasteiger partial charge in [-0.3, -0.25) is 0 Å². The molecule has 8 aromatic rings. The zero-order valence-electron chi connectivity index (χ0n) is 21.7. The van der Waals surface area contributed by atoms with Crippen molar-refractivity contribution in [3.05, 3.63) is 146 Å². The van der Waals surface area contributed by atoms with Gasteiger partial charge < -0.3 is 4.42 Å². The van der Waals surface area contributed by atoms with Gasteiger partial charge in [-0.05, 0) is 52.1 Å². The van der Waals surface area contributed by atoms with Crippen molar-refractivity contribution in [3.8, 4) is 43.1 Å². The number of furan rings is 1. The molecule has 0 aliphatic heterocycles. The second kappa shape index (κ2) is 9.37. The lowest BCUT2D eigenvalue weighted by Gasteiger charge is -2.10. The molecule has 0 atom stereocenters. The van der Waals surface area contributed by atoms with E-state index in [4.69, 9.17) is 4.42 Å². The lowest BCUT2D eigenvalue weighted by atomic mass is 9.94. The van der Waals surface area contributed by atoms with Crippen LogP contribution in [-0.4, -0.2) is 0 Å². The maximum Gasteiger partial charge on any atom is 0.136 e. The fourth-order valence-corrected chi connectivity index (χ4v) is 7.10. The third-order valence-electron chi connectivity index (χ3n) is 7.70. The highest BCUT2D eigenvalue weighted by Gasteiger charge is 2.20. The molecule has 6 aromatic carbocycles. The molecule has 0 N–H and O–H groups in total. The number of fused-ring (bicyclic) bond motifs is 4. The summed E-state index contributed by atoms with van der Waals surface area (Å²) in [4.78, 5) is 2.57. The predicted molar refractivity (Wildman–Crippen MR) is 171 cm³/mol. The maximum atomic E-state index is 6.33. The van der Waals surface area contributed by atoms with Crippen molar-refractivity contribution in [2.45, 2.75) is 0 Å². The summed E-state index contributed by atoms with van der Waals surface area (Å²) in [5.41, 5.74) is 9.14. The first-order chi connectivity index (χ1) is 19.8. The van der Waals surface area contributed by atoms with Crippen LogP contribution in [0.1, 0.15) is 0 Å². The Balaban J connectivity index is 1.40. The fraction of sp³-hybridized carbons (Fsp3) is 0. The highest BCUT2D eigenvalue weighted by atomic mass is 32.1. The smallest absolute Gasteiger partial charge is 0.136 e. The van der Waals surface area contributed by atoms with E-state index in [9.17, 15) is 0 Å². The van der Waals surface area contributed by atoms with Gasteiger partial charge in [0, 0.05) is 36.9 Å². The van der Waals surface area contributed by atoms with E-state index in [1.165, 1.54) is 53.9 Å². The number of thiophene rings is 1. The lowest BCUT2D eigenvalue weighted by molar-refractivity contribution is 0.669. The predicted octanol–water partition coefficient (Wildman–Crippen LogP) is 11.5. The molecule has 1 nitrogen and oxygen atoms in total. The molecular weight excluding hydrogens is 504 g/mol. The molecule has 0 saturated heterocycles. The third-order valence-corrected chi connectivity index (χ3v) is 9.00. The topological polar surface area (TPSA) is 13.1 Å². The molecule has 0 spiro atoms. The number of para-hydroxylation sites is 1. The molecule has 2 heterocycles. The molecule has 0 radical (unpaired) electrons. The molecule has 8 rings (SSSR count). The van der Waals surface area contributed by atoms with Crippen LogP contribution >= 0.6 is 11.3 Å². The first kappa shape index (κ1) is 23.0. The Hall–Kier alpha value is -4.92. The van der Waals surface area contributed by atoms with Crippen LogP contribution in [0.5, 0.6) is 0 Å². The average Bonchev–Trinajstić information content (AvgIpc) is 3.60. The Morgan fingerprint density at radius 2 is 0.950 bits per heavy atom. The van der Waals surface area contributed by atoms with Crippen LogP contribution < -0.4 is 0 Å². The lowest BCUT2D eigenvalue weighted by Crippen LogP contribution is -1.84. The van der Waals surface area contributed by atoms with E-state index >= 15 is 0 Å². The van der Waals surface area contributed by atoms with Crippen LogP contribution in [0.25, 0.3) is 75.8 Å². The summed E-state index contributed by atoms with van der Waals surface area (Å²) >= 11 is 1.88. The second-order valence-corrected chi connectivity index (χ2v) is 11.1. The minimum atomic E-state index is 0.917. The molecule has 40 heavy (non-hydrogen) atoms. The van der Waals surface area contributed by atoms with Crippen molar-refractivity contribution < 1.29 is 4.42 Å².